The van der Waals surface area contributed by atoms with E-state index in [-0.39, 0.29) is 23.2 Å². The summed E-state index contributed by atoms with van der Waals surface area (Å²) in [4.78, 5) is 12.3. The predicted molar refractivity (Wildman–Crippen MR) is 94.8 cm³/mol. The van der Waals surface area contributed by atoms with Crippen molar-refractivity contribution in [1.29, 1.82) is 0 Å². The van der Waals surface area contributed by atoms with Crippen LogP contribution in [0.4, 0.5) is 0 Å². The number of fused-ring (bicyclic) bond motifs is 5. The SMILES string of the molecule is CC(=O)[C@]1(O)CC[C@H]2[C@@H]3CC[C@H]4C[C@H](O)CC[C@]4(C)[C@H]3[C@@H](O)C[C@@]21C. The van der Waals surface area contributed by atoms with E-state index in [1.807, 2.05) is 6.92 Å². The van der Waals surface area contributed by atoms with Crippen molar-refractivity contribution in [3.05, 3.63) is 0 Å². The number of aliphatic hydroxyl groups excluding tert-OH is 2. The Bertz CT molecular complexity index is 576. The fourth-order valence-electron chi connectivity index (χ4n) is 7.94. The molecule has 4 aliphatic carbocycles. The van der Waals surface area contributed by atoms with E-state index >= 15 is 0 Å². The van der Waals surface area contributed by atoms with E-state index in [1.165, 1.54) is 6.92 Å². The molecule has 0 aliphatic heterocycles. The van der Waals surface area contributed by atoms with Gasteiger partial charge in [0.25, 0.3) is 0 Å². The van der Waals surface area contributed by atoms with Gasteiger partial charge in [0.2, 0.25) is 0 Å². The van der Waals surface area contributed by atoms with Crippen molar-refractivity contribution in [3.63, 3.8) is 0 Å². The fourth-order valence-corrected chi connectivity index (χ4v) is 7.94. The first-order chi connectivity index (χ1) is 11.6. The maximum absolute atomic E-state index is 12.3. The van der Waals surface area contributed by atoms with E-state index in [9.17, 15) is 20.1 Å². The minimum Gasteiger partial charge on any atom is -0.393 e. The van der Waals surface area contributed by atoms with Crippen LogP contribution >= 0.6 is 0 Å². The highest BCUT2D eigenvalue weighted by Crippen LogP contribution is 2.68. The normalized spacial score (nSPS) is 58.2. The number of ketones is 1. The lowest BCUT2D eigenvalue weighted by Crippen LogP contribution is -2.62. The molecule has 142 valence electrons. The summed E-state index contributed by atoms with van der Waals surface area (Å²) in [6.45, 7) is 5.88. The molecule has 4 rings (SSSR count). The van der Waals surface area contributed by atoms with Gasteiger partial charge in [0, 0.05) is 5.41 Å². The van der Waals surface area contributed by atoms with Gasteiger partial charge in [-0.05, 0) is 87.4 Å². The van der Waals surface area contributed by atoms with Crippen LogP contribution in [0.5, 0.6) is 0 Å². The molecule has 4 fully saturated rings. The molecule has 25 heavy (non-hydrogen) atoms. The van der Waals surface area contributed by atoms with Crippen LogP contribution in [0.3, 0.4) is 0 Å². The molecule has 0 aromatic heterocycles. The van der Waals surface area contributed by atoms with Crippen LogP contribution in [-0.2, 0) is 4.79 Å². The summed E-state index contributed by atoms with van der Waals surface area (Å²) in [5, 5.41) is 32.5. The van der Waals surface area contributed by atoms with Crippen LogP contribution in [-0.4, -0.2) is 38.9 Å². The number of carbonyl (C=O) groups excluding carboxylic acids is 1. The molecule has 0 unspecified atom stereocenters. The van der Waals surface area contributed by atoms with Gasteiger partial charge in [-0.15, -0.1) is 0 Å². The largest absolute Gasteiger partial charge is 0.393 e. The molecule has 4 heteroatoms. The Balaban J connectivity index is 1.70. The van der Waals surface area contributed by atoms with Crippen molar-refractivity contribution in [3.8, 4) is 0 Å². The number of Topliss-reactive ketones (excluding diaryl/α,β-unsaturated/α-hetero) is 1. The van der Waals surface area contributed by atoms with E-state index in [1.54, 1.807) is 0 Å². The van der Waals surface area contributed by atoms with Crippen LogP contribution in [0.25, 0.3) is 0 Å². The lowest BCUT2D eigenvalue weighted by Gasteiger charge is -2.62. The number of aliphatic hydroxyl groups is 3. The molecule has 4 saturated carbocycles. The first-order valence-electron chi connectivity index (χ1n) is 10.2. The Morgan fingerprint density at radius 2 is 1.76 bits per heavy atom. The van der Waals surface area contributed by atoms with E-state index in [2.05, 4.69) is 6.92 Å². The number of rotatable bonds is 1. The van der Waals surface area contributed by atoms with Crippen molar-refractivity contribution < 1.29 is 20.1 Å². The van der Waals surface area contributed by atoms with Crippen molar-refractivity contribution in [2.24, 2.45) is 34.5 Å². The maximum Gasteiger partial charge on any atom is 0.161 e. The van der Waals surface area contributed by atoms with Crippen molar-refractivity contribution >= 4 is 5.78 Å². The van der Waals surface area contributed by atoms with E-state index < -0.39 is 17.1 Å². The van der Waals surface area contributed by atoms with Crippen LogP contribution < -0.4 is 0 Å². The van der Waals surface area contributed by atoms with Gasteiger partial charge in [-0.3, -0.25) is 4.79 Å². The van der Waals surface area contributed by atoms with Gasteiger partial charge in [-0.2, -0.15) is 0 Å². The quantitative estimate of drug-likeness (QED) is 0.679. The van der Waals surface area contributed by atoms with E-state index in [0.29, 0.717) is 30.6 Å². The molecule has 0 radical (unpaired) electrons. The maximum atomic E-state index is 12.3. The van der Waals surface area contributed by atoms with Gasteiger partial charge in [-0.1, -0.05) is 13.8 Å². The molecule has 0 aromatic carbocycles. The summed E-state index contributed by atoms with van der Waals surface area (Å²) < 4.78 is 0. The minimum absolute atomic E-state index is 0.0832. The zero-order chi connectivity index (χ0) is 18.2. The zero-order valence-electron chi connectivity index (χ0n) is 15.9. The van der Waals surface area contributed by atoms with Crippen LogP contribution in [0.2, 0.25) is 0 Å². The number of hydrogen-bond acceptors (Lipinski definition) is 4. The Labute approximate surface area is 151 Å². The number of hydrogen-bond donors (Lipinski definition) is 3. The second kappa shape index (κ2) is 5.53. The molecule has 0 heterocycles. The summed E-state index contributed by atoms with van der Waals surface area (Å²) in [5.41, 5.74) is -1.69. The van der Waals surface area contributed by atoms with E-state index in [4.69, 9.17) is 0 Å². The second-order valence-electron chi connectivity index (χ2n) is 10.1. The Kier molecular flexibility index (Phi) is 3.97. The summed E-state index contributed by atoms with van der Waals surface area (Å²) in [6.07, 6.45) is 6.16. The summed E-state index contributed by atoms with van der Waals surface area (Å²) in [7, 11) is 0. The fraction of sp³-hybridized carbons (Fsp3) is 0.952. The smallest absolute Gasteiger partial charge is 0.161 e. The molecule has 3 N–H and O–H groups in total. The highest BCUT2D eigenvalue weighted by atomic mass is 16.3. The van der Waals surface area contributed by atoms with Gasteiger partial charge in [0.05, 0.1) is 12.2 Å². The third-order valence-corrected chi connectivity index (χ3v) is 9.30. The standard InChI is InChI=1S/C21H34O4/c1-12(22)21(25)9-7-16-15-5-4-13-10-14(23)6-8-19(13,2)18(15)17(24)11-20(16,21)3/h13-18,23-25H,4-11H2,1-3H3/t13-,14+,15-,16-,17-,18+,19-,20-,21+/m0/s1. The molecule has 4 nitrogen and oxygen atoms in total. The van der Waals surface area contributed by atoms with Crippen molar-refractivity contribution in [1.82, 2.24) is 0 Å². The molecule has 9 atom stereocenters. The third kappa shape index (κ3) is 2.20. The Hall–Kier alpha value is -0.450. The molecule has 0 bridgehead atoms. The lowest BCUT2D eigenvalue weighted by atomic mass is 9.43. The first kappa shape index (κ1) is 17.9. The number of carbonyl (C=O) groups is 1. The molecule has 0 aromatic rings. The van der Waals surface area contributed by atoms with Crippen molar-refractivity contribution in [2.75, 3.05) is 0 Å². The first-order valence-corrected chi connectivity index (χ1v) is 10.2. The predicted octanol–water partition coefficient (Wildman–Crippen LogP) is 2.68. The molecule has 4 aliphatic rings. The van der Waals surface area contributed by atoms with E-state index in [0.717, 1.165) is 38.5 Å². The topological polar surface area (TPSA) is 77.8 Å². The van der Waals surface area contributed by atoms with Gasteiger partial charge < -0.3 is 15.3 Å². The van der Waals surface area contributed by atoms with Gasteiger partial charge in [0.15, 0.2) is 5.78 Å². The van der Waals surface area contributed by atoms with Crippen LogP contribution in [0, 0.1) is 34.5 Å². The van der Waals surface area contributed by atoms with Gasteiger partial charge >= 0.3 is 0 Å². The van der Waals surface area contributed by atoms with Crippen molar-refractivity contribution in [2.45, 2.75) is 89.9 Å². The summed E-state index contributed by atoms with van der Waals surface area (Å²) >= 11 is 0. The van der Waals surface area contributed by atoms with Gasteiger partial charge in [0.1, 0.15) is 5.60 Å². The van der Waals surface area contributed by atoms with Gasteiger partial charge in [-0.25, -0.2) is 0 Å². The minimum atomic E-state index is -1.27. The molecule has 0 spiro atoms. The Morgan fingerprint density at radius 3 is 2.44 bits per heavy atom. The molecule has 0 amide bonds. The van der Waals surface area contributed by atoms with Crippen LogP contribution in [0.1, 0.15) is 72.1 Å². The monoisotopic (exact) mass is 350 g/mol. The average Bonchev–Trinajstić information content (AvgIpc) is 2.80. The second-order valence-corrected chi connectivity index (χ2v) is 10.1. The molecular formula is C21H34O4. The van der Waals surface area contributed by atoms with Crippen LogP contribution in [0.15, 0.2) is 0 Å². The zero-order valence-corrected chi connectivity index (χ0v) is 15.9. The average molecular weight is 350 g/mol. The highest BCUT2D eigenvalue weighted by molar-refractivity contribution is 5.86. The highest BCUT2D eigenvalue weighted by Gasteiger charge is 2.68. The summed E-state index contributed by atoms with van der Waals surface area (Å²) in [6, 6.07) is 0. The Morgan fingerprint density at radius 1 is 1.04 bits per heavy atom. The molecule has 0 saturated heterocycles. The lowest BCUT2D eigenvalue weighted by molar-refractivity contribution is -0.201. The third-order valence-electron chi connectivity index (χ3n) is 9.30. The molecular weight excluding hydrogens is 316 g/mol. The summed E-state index contributed by atoms with van der Waals surface area (Å²) in [5.74, 6) is 1.30.